The van der Waals surface area contributed by atoms with E-state index in [1.807, 2.05) is 30.3 Å². The molecule has 4 rings (SSSR count). The van der Waals surface area contributed by atoms with E-state index < -0.39 is 35.6 Å². The van der Waals surface area contributed by atoms with Gasteiger partial charge in [0.15, 0.2) is 0 Å². The third-order valence-corrected chi connectivity index (χ3v) is 5.59. The van der Waals surface area contributed by atoms with Crippen molar-refractivity contribution < 1.29 is 24.0 Å². The van der Waals surface area contributed by atoms with Crippen LogP contribution in [-0.4, -0.2) is 46.2 Å². The van der Waals surface area contributed by atoms with Crippen molar-refractivity contribution in [2.45, 2.75) is 31.8 Å². The van der Waals surface area contributed by atoms with E-state index in [-0.39, 0.29) is 42.6 Å². The van der Waals surface area contributed by atoms with Gasteiger partial charge < -0.3 is 11.2 Å². The van der Waals surface area contributed by atoms with Gasteiger partial charge in [-0.2, -0.15) is 5.10 Å². The smallest absolute Gasteiger partial charge is 0.268 e. The minimum atomic E-state index is -1.03. The van der Waals surface area contributed by atoms with E-state index in [0.717, 1.165) is 10.5 Å². The number of hydrogen-bond acceptors (Lipinski definition) is 7. The van der Waals surface area contributed by atoms with Crippen molar-refractivity contribution in [2.75, 3.05) is 0 Å². The number of nitrogens with zero attached hydrogens (tertiary/aromatic N) is 2. The fourth-order valence-electron chi connectivity index (χ4n) is 3.89. The molecule has 0 spiro atoms. The molecule has 5 amide bonds. The Balaban J connectivity index is 1.44. The second kappa shape index (κ2) is 9.03. The molecular weight excluding hydrogens is 426 g/mol. The van der Waals surface area contributed by atoms with Crippen LogP contribution in [-0.2, 0) is 27.3 Å². The molecule has 33 heavy (non-hydrogen) atoms. The van der Waals surface area contributed by atoms with Gasteiger partial charge in [-0.1, -0.05) is 36.4 Å². The fraction of sp³-hybridized carbons (Fsp3) is 0.217. The molecule has 10 nitrogen and oxygen atoms in total. The zero-order chi connectivity index (χ0) is 23.5. The second-order valence-corrected chi connectivity index (χ2v) is 7.75. The van der Waals surface area contributed by atoms with E-state index in [4.69, 9.17) is 5.84 Å². The number of imide groups is 2. The topological polar surface area (TPSA) is 151 Å². The number of hydrazone groups is 1. The van der Waals surface area contributed by atoms with Crippen molar-refractivity contribution in [3.63, 3.8) is 0 Å². The number of hydrogen-bond donors (Lipinski definition) is 3. The highest BCUT2D eigenvalue weighted by atomic mass is 16.2. The summed E-state index contributed by atoms with van der Waals surface area (Å²) in [5.74, 6) is 2.65. The Labute approximate surface area is 188 Å². The van der Waals surface area contributed by atoms with Crippen molar-refractivity contribution in [3.8, 4) is 0 Å². The molecule has 0 aliphatic carbocycles. The number of piperidine rings is 1. The van der Waals surface area contributed by atoms with E-state index in [1.165, 1.54) is 12.1 Å². The molecule has 2 aliphatic rings. The van der Waals surface area contributed by atoms with Crippen LogP contribution in [0.1, 0.15) is 44.7 Å². The standard InChI is InChI=1S/C23H21N5O5/c24-27-17(11-13-4-2-1-3-5-13)20(30)25-12-14-6-7-15-16(10-14)23(33)28(22(15)32)18-8-9-19(29)26-21(18)31/h1-7,10,18H,8-9,11-12,24H2,(H,25,30)(H,26,29,31)/b27-17+. The Morgan fingerprint density at radius 2 is 1.76 bits per heavy atom. The van der Waals surface area contributed by atoms with Crippen LogP contribution in [0.25, 0.3) is 0 Å². The van der Waals surface area contributed by atoms with E-state index in [1.54, 1.807) is 6.07 Å². The highest BCUT2D eigenvalue weighted by Crippen LogP contribution is 2.28. The molecule has 0 saturated carbocycles. The minimum absolute atomic E-state index is 0.0507. The summed E-state index contributed by atoms with van der Waals surface area (Å²) in [6, 6.07) is 12.9. The Kier molecular flexibility index (Phi) is 5.99. The predicted molar refractivity (Wildman–Crippen MR) is 117 cm³/mol. The highest BCUT2D eigenvalue weighted by Gasteiger charge is 2.44. The van der Waals surface area contributed by atoms with E-state index in [0.29, 0.717) is 5.56 Å². The number of benzene rings is 2. The van der Waals surface area contributed by atoms with Crippen LogP contribution in [0.15, 0.2) is 53.6 Å². The summed E-state index contributed by atoms with van der Waals surface area (Å²) in [6.45, 7) is 0.0831. The van der Waals surface area contributed by atoms with Gasteiger partial charge in [0.2, 0.25) is 11.8 Å². The predicted octanol–water partition coefficient (Wildman–Crippen LogP) is 0.261. The number of rotatable bonds is 6. The third-order valence-electron chi connectivity index (χ3n) is 5.59. The van der Waals surface area contributed by atoms with Crippen molar-refractivity contribution in [1.82, 2.24) is 15.5 Å². The maximum absolute atomic E-state index is 12.9. The van der Waals surface area contributed by atoms with Gasteiger partial charge in [0.1, 0.15) is 11.8 Å². The van der Waals surface area contributed by atoms with Crippen molar-refractivity contribution in [1.29, 1.82) is 0 Å². The zero-order valence-electron chi connectivity index (χ0n) is 17.5. The van der Waals surface area contributed by atoms with Gasteiger partial charge in [-0.15, -0.1) is 0 Å². The molecule has 168 valence electrons. The quantitative estimate of drug-likeness (QED) is 0.250. The maximum Gasteiger partial charge on any atom is 0.268 e. The molecule has 1 saturated heterocycles. The lowest BCUT2D eigenvalue weighted by molar-refractivity contribution is -0.136. The Hall–Kier alpha value is -4.34. The molecular formula is C23H21N5O5. The summed E-state index contributed by atoms with van der Waals surface area (Å²) in [5.41, 5.74) is 1.94. The van der Waals surface area contributed by atoms with Crippen LogP contribution in [0.3, 0.4) is 0 Å². The van der Waals surface area contributed by atoms with Gasteiger partial charge in [-0.3, -0.25) is 34.2 Å². The Morgan fingerprint density at radius 1 is 1.03 bits per heavy atom. The summed E-state index contributed by atoms with van der Waals surface area (Å²) in [5, 5.41) is 8.46. The Bertz CT molecular complexity index is 1190. The number of nitrogens with one attached hydrogen (secondary N) is 2. The largest absolute Gasteiger partial charge is 0.347 e. The number of carbonyl (C=O) groups excluding carboxylic acids is 5. The number of nitrogens with two attached hydrogens (primary N) is 1. The van der Waals surface area contributed by atoms with E-state index in [9.17, 15) is 24.0 Å². The van der Waals surface area contributed by atoms with Gasteiger partial charge in [-0.25, -0.2) is 0 Å². The molecule has 1 atom stereocenters. The first-order chi connectivity index (χ1) is 15.9. The average molecular weight is 447 g/mol. The molecule has 2 aromatic carbocycles. The summed E-state index contributed by atoms with van der Waals surface area (Å²) in [4.78, 5) is 62.6. The average Bonchev–Trinajstić information content (AvgIpc) is 3.06. The molecule has 4 N–H and O–H groups in total. The molecule has 2 aromatic rings. The lowest BCUT2D eigenvalue weighted by Gasteiger charge is -2.27. The monoisotopic (exact) mass is 447 g/mol. The highest BCUT2D eigenvalue weighted by molar-refractivity contribution is 6.39. The SMILES string of the molecule is N/N=C(\Cc1ccccc1)C(=O)NCc1ccc2c(c1)C(=O)N(C1CCC(=O)NC1=O)C2=O. The van der Waals surface area contributed by atoms with Crippen LogP contribution in [0, 0.1) is 0 Å². The van der Waals surface area contributed by atoms with Gasteiger partial charge in [0.25, 0.3) is 17.7 Å². The number of fused-ring (bicyclic) bond motifs is 1. The van der Waals surface area contributed by atoms with Crippen LogP contribution in [0.2, 0.25) is 0 Å². The Morgan fingerprint density at radius 3 is 2.45 bits per heavy atom. The van der Waals surface area contributed by atoms with E-state index >= 15 is 0 Å². The van der Waals surface area contributed by atoms with Gasteiger partial charge in [-0.05, 0) is 29.7 Å². The summed E-state index contributed by atoms with van der Waals surface area (Å²) in [6.07, 6.45) is 0.401. The molecule has 2 heterocycles. The molecule has 1 unspecified atom stereocenters. The summed E-state index contributed by atoms with van der Waals surface area (Å²) in [7, 11) is 0. The molecule has 0 aromatic heterocycles. The fourth-order valence-corrected chi connectivity index (χ4v) is 3.89. The first-order valence-electron chi connectivity index (χ1n) is 10.3. The van der Waals surface area contributed by atoms with Crippen molar-refractivity contribution in [3.05, 3.63) is 70.8 Å². The van der Waals surface area contributed by atoms with Crippen molar-refractivity contribution >= 4 is 35.2 Å². The molecule has 0 bridgehead atoms. The van der Waals surface area contributed by atoms with Crippen LogP contribution in [0.4, 0.5) is 0 Å². The zero-order valence-corrected chi connectivity index (χ0v) is 17.5. The molecule has 2 aliphatic heterocycles. The number of carbonyl (C=O) groups is 5. The second-order valence-electron chi connectivity index (χ2n) is 7.75. The normalized spacial score (nSPS) is 18.2. The molecule has 0 radical (unpaired) electrons. The number of amides is 5. The van der Waals surface area contributed by atoms with E-state index in [2.05, 4.69) is 15.7 Å². The van der Waals surface area contributed by atoms with Gasteiger partial charge >= 0.3 is 0 Å². The summed E-state index contributed by atoms with van der Waals surface area (Å²) < 4.78 is 0. The van der Waals surface area contributed by atoms with Crippen LogP contribution >= 0.6 is 0 Å². The lowest BCUT2D eigenvalue weighted by Crippen LogP contribution is -2.54. The van der Waals surface area contributed by atoms with Gasteiger partial charge in [0, 0.05) is 19.4 Å². The maximum atomic E-state index is 12.9. The van der Waals surface area contributed by atoms with Crippen LogP contribution < -0.4 is 16.5 Å². The van der Waals surface area contributed by atoms with Crippen LogP contribution in [0.5, 0.6) is 0 Å². The van der Waals surface area contributed by atoms with Gasteiger partial charge in [0.05, 0.1) is 11.1 Å². The first kappa shape index (κ1) is 21.9. The minimum Gasteiger partial charge on any atom is -0.347 e. The summed E-state index contributed by atoms with van der Waals surface area (Å²) >= 11 is 0. The molecule has 10 heteroatoms. The van der Waals surface area contributed by atoms with Crippen molar-refractivity contribution in [2.24, 2.45) is 10.9 Å². The third kappa shape index (κ3) is 4.36. The lowest BCUT2D eigenvalue weighted by atomic mass is 10.0. The molecule has 1 fully saturated rings. The first-order valence-corrected chi connectivity index (χ1v) is 10.3.